The highest BCUT2D eigenvalue weighted by Gasteiger charge is 2.47. The molecule has 4 nitrogen and oxygen atoms in total. The van der Waals surface area contributed by atoms with Gasteiger partial charge in [0.25, 0.3) is 10.1 Å². The summed E-state index contributed by atoms with van der Waals surface area (Å²) in [5.41, 5.74) is 0.638. The average Bonchev–Trinajstić information content (AvgIpc) is 2.38. The van der Waals surface area contributed by atoms with Crippen molar-refractivity contribution in [2.45, 2.75) is 24.5 Å². The van der Waals surface area contributed by atoms with Crippen molar-refractivity contribution in [3.05, 3.63) is 35.9 Å². The number of ether oxygens (including phenoxy) is 1. The highest BCUT2D eigenvalue weighted by Crippen LogP contribution is 2.41. The van der Waals surface area contributed by atoms with Crippen molar-refractivity contribution in [1.29, 1.82) is 0 Å². The van der Waals surface area contributed by atoms with Crippen molar-refractivity contribution in [2.24, 2.45) is 5.92 Å². The van der Waals surface area contributed by atoms with Gasteiger partial charge >= 0.3 is 0 Å². The molecule has 0 spiro atoms. The molecule has 1 N–H and O–H groups in total. The molecular weight excluding hydrogens is 252 g/mol. The zero-order chi connectivity index (χ0) is 13.2. The zero-order valence-corrected chi connectivity index (χ0v) is 11.2. The van der Waals surface area contributed by atoms with E-state index in [1.807, 2.05) is 6.07 Å². The standard InChI is InChI=1S/C13H18O4S/c1-13(18(14,15)16,11-5-3-2-4-6-11)12-7-9-17-10-8-12/h2-6,12H,7-10H2,1H3,(H,14,15,16)/t13-/m0/s1. The smallest absolute Gasteiger partial charge is 0.274 e. The molecule has 18 heavy (non-hydrogen) atoms. The SMILES string of the molecule is C[C@](c1ccccc1)(C1CCOCC1)S(=O)(=O)O. The van der Waals surface area contributed by atoms with Crippen molar-refractivity contribution in [2.75, 3.05) is 13.2 Å². The van der Waals surface area contributed by atoms with Crippen LogP contribution in [0.5, 0.6) is 0 Å². The van der Waals surface area contributed by atoms with Gasteiger partial charge in [-0.05, 0) is 31.2 Å². The van der Waals surface area contributed by atoms with E-state index in [1.165, 1.54) is 0 Å². The number of rotatable bonds is 3. The molecule has 0 unspecified atom stereocenters. The van der Waals surface area contributed by atoms with Crippen LogP contribution >= 0.6 is 0 Å². The lowest BCUT2D eigenvalue weighted by Gasteiger charge is -2.37. The van der Waals surface area contributed by atoms with E-state index in [1.54, 1.807) is 31.2 Å². The minimum Gasteiger partial charge on any atom is -0.381 e. The molecular formula is C13H18O4S. The molecule has 1 aromatic carbocycles. The maximum absolute atomic E-state index is 11.9. The van der Waals surface area contributed by atoms with Gasteiger partial charge in [-0.15, -0.1) is 0 Å². The van der Waals surface area contributed by atoms with Gasteiger partial charge in [0, 0.05) is 13.2 Å². The highest BCUT2D eigenvalue weighted by atomic mass is 32.2. The average molecular weight is 270 g/mol. The summed E-state index contributed by atoms with van der Waals surface area (Å²) in [4.78, 5) is 0. The molecule has 1 aromatic rings. The summed E-state index contributed by atoms with van der Waals surface area (Å²) in [5, 5.41) is 0. The van der Waals surface area contributed by atoms with Crippen molar-refractivity contribution < 1.29 is 17.7 Å². The molecule has 1 saturated heterocycles. The zero-order valence-electron chi connectivity index (χ0n) is 10.4. The van der Waals surface area contributed by atoms with Gasteiger partial charge in [0.15, 0.2) is 0 Å². The lowest BCUT2D eigenvalue weighted by Crippen LogP contribution is -2.42. The summed E-state index contributed by atoms with van der Waals surface area (Å²) in [7, 11) is -4.17. The Hall–Kier alpha value is -0.910. The van der Waals surface area contributed by atoms with E-state index in [-0.39, 0.29) is 5.92 Å². The number of hydrogen-bond donors (Lipinski definition) is 1. The van der Waals surface area contributed by atoms with E-state index in [9.17, 15) is 13.0 Å². The summed E-state index contributed by atoms with van der Waals surface area (Å²) in [6.07, 6.45) is 1.29. The molecule has 1 atom stereocenters. The largest absolute Gasteiger partial charge is 0.381 e. The monoisotopic (exact) mass is 270 g/mol. The first-order valence-corrected chi connectivity index (χ1v) is 7.50. The van der Waals surface area contributed by atoms with Gasteiger partial charge in [-0.2, -0.15) is 8.42 Å². The van der Waals surface area contributed by atoms with Crippen LogP contribution in [-0.2, 0) is 19.6 Å². The van der Waals surface area contributed by atoms with E-state index < -0.39 is 14.9 Å². The fourth-order valence-corrected chi connectivity index (χ4v) is 3.70. The van der Waals surface area contributed by atoms with Crippen molar-refractivity contribution in [3.8, 4) is 0 Å². The van der Waals surface area contributed by atoms with Gasteiger partial charge in [-0.3, -0.25) is 4.55 Å². The molecule has 1 aliphatic heterocycles. The van der Waals surface area contributed by atoms with Crippen LogP contribution < -0.4 is 0 Å². The minimum absolute atomic E-state index is 0.122. The van der Waals surface area contributed by atoms with Gasteiger partial charge in [-0.1, -0.05) is 30.3 Å². The Bertz CT molecular complexity index is 491. The predicted octanol–water partition coefficient (Wildman–Crippen LogP) is 2.22. The Morgan fingerprint density at radius 1 is 1.22 bits per heavy atom. The second kappa shape index (κ2) is 4.99. The third-order valence-electron chi connectivity index (χ3n) is 3.88. The molecule has 1 fully saturated rings. The lowest BCUT2D eigenvalue weighted by atomic mass is 9.82. The predicted molar refractivity (Wildman–Crippen MR) is 68.9 cm³/mol. The summed E-state index contributed by atoms with van der Waals surface area (Å²) in [6.45, 7) is 2.69. The topological polar surface area (TPSA) is 63.6 Å². The van der Waals surface area contributed by atoms with Crippen LogP contribution in [0.2, 0.25) is 0 Å². The van der Waals surface area contributed by atoms with Crippen LogP contribution in [0.25, 0.3) is 0 Å². The Morgan fingerprint density at radius 3 is 2.28 bits per heavy atom. The van der Waals surface area contributed by atoms with Crippen LogP contribution in [-0.4, -0.2) is 26.2 Å². The fraction of sp³-hybridized carbons (Fsp3) is 0.538. The van der Waals surface area contributed by atoms with Gasteiger partial charge in [0.1, 0.15) is 4.75 Å². The van der Waals surface area contributed by atoms with Gasteiger partial charge < -0.3 is 4.74 Å². The second-order valence-corrected chi connectivity index (χ2v) is 6.63. The van der Waals surface area contributed by atoms with Crippen molar-refractivity contribution in [1.82, 2.24) is 0 Å². The maximum Gasteiger partial charge on any atom is 0.274 e. The molecule has 0 aromatic heterocycles. The first kappa shape index (κ1) is 13.5. The summed E-state index contributed by atoms with van der Waals surface area (Å²) >= 11 is 0. The normalized spacial score (nSPS) is 21.4. The van der Waals surface area contributed by atoms with E-state index in [4.69, 9.17) is 4.74 Å². The molecule has 2 rings (SSSR count). The third kappa shape index (κ3) is 2.30. The van der Waals surface area contributed by atoms with Gasteiger partial charge in [0.05, 0.1) is 0 Å². The van der Waals surface area contributed by atoms with Gasteiger partial charge in [-0.25, -0.2) is 0 Å². The fourth-order valence-electron chi connectivity index (χ4n) is 2.61. The van der Waals surface area contributed by atoms with Crippen molar-refractivity contribution in [3.63, 3.8) is 0 Å². The van der Waals surface area contributed by atoms with Crippen LogP contribution in [0.4, 0.5) is 0 Å². The van der Waals surface area contributed by atoms with Crippen LogP contribution in [0.3, 0.4) is 0 Å². The van der Waals surface area contributed by atoms with E-state index >= 15 is 0 Å². The molecule has 5 heteroatoms. The molecule has 0 radical (unpaired) electrons. The number of hydrogen-bond acceptors (Lipinski definition) is 3. The number of benzene rings is 1. The Labute approximate surface area is 108 Å². The first-order valence-electron chi connectivity index (χ1n) is 6.06. The van der Waals surface area contributed by atoms with Gasteiger partial charge in [0.2, 0.25) is 0 Å². The minimum atomic E-state index is -4.17. The summed E-state index contributed by atoms with van der Waals surface area (Å²) < 4.78 is 37.4. The van der Waals surface area contributed by atoms with Crippen LogP contribution in [0, 0.1) is 5.92 Å². The molecule has 100 valence electrons. The summed E-state index contributed by atoms with van der Waals surface area (Å²) in [6, 6.07) is 8.92. The lowest BCUT2D eigenvalue weighted by molar-refractivity contribution is 0.0525. The second-order valence-electron chi connectivity index (χ2n) is 4.83. The Balaban J connectivity index is 2.47. The Morgan fingerprint density at radius 2 is 1.78 bits per heavy atom. The highest BCUT2D eigenvalue weighted by molar-refractivity contribution is 7.86. The molecule has 1 aliphatic rings. The first-order chi connectivity index (χ1) is 8.46. The summed E-state index contributed by atoms with van der Waals surface area (Å²) in [5.74, 6) is -0.122. The molecule has 1 heterocycles. The van der Waals surface area contributed by atoms with E-state index in [2.05, 4.69) is 0 Å². The molecule has 0 bridgehead atoms. The molecule has 0 aliphatic carbocycles. The quantitative estimate of drug-likeness (QED) is 0.855. The van der Waals surface area contributed by atoms with Crippen LogP contribution in [0.1, 0.15) is 25.3 Å². The van der Waals surface area contributed by atoms with Crippen molar-refractivity contribution >= 4 is 10.1 Å². The third-order valence-corrected chi connectivity index (χ3v) is 5.52. The molecule has 0 saturated carbocycles. The maximum atomic E-state index is 11.9. The van der Waals surface area contributed by atoms with E-state index in [0.29, 0.717) is 31.6 Å². The van der Waals surface area contributed by atoms with E-state index in [0.717, 1.165) is 0 Å². The Kier molecular flexibility index (Phi) is 3.75. The molecule has 0 amide bonds. The van der Waals surface area contributed by atoms with Crippen LogP contribution in [0.15, 0.2) is 30.3 Å².